The van der Waals surface area contributed by atoms with E-state index in [0.29, 0.717) is 11.4 Å². The van der Waals surface area contributed by atoms with Gasteiger partial charge in [-0.15, -0.1) is 0 Å². The lowest BCUT2D eigenvalue weighted by atomic mass is 10.1. The Kier molecular flexibility index (Phi) is 2.93. The maximum atomic E-state index is 12.1. The van der Waals surface area contributed by atoms with Crippen molar-refractivity contribution in [3.05, 3.63) is 60.2 Å². The summed E-state index contributed by atoms with van der Waals surface area (Å²) in [5.41, 5.74) is 2.11. The summed E-state index contributed by atoms with van der Waals surface area (Å²) in [4.78, 5) is 4.70. The third kappa shape index (κ3) is 2.30. The Labute approximate surface area is 111 Å². The number of fused-ring (bicyclic) bond motifs is 1. The molecule has 0 fully saturated rings. The van der Waals surface area contributed by atoms with Crippen LogP contribution in [0, 0.1) is 0 Å². The van der Waals surface area contributed by atoms with E-state index in [-0.39, 0.29) is 11.4 Å². The van der Waals surface area contributed by atoms with Crippen LogP contribution in [0.15, 0.2) is 64.5 Å². The van der Waals surface area contributed by atoms with E-state index in [1.165, 1.54) is 0 Å². The third-order valence-corrected chi connectivity index (χ3v) is 4.40. The third-order valence-electron chi connectivity index (χ3n) is 2.95. The van der Waals surface area contributed by atoms with Crippen molar-refractivity contribution in [3.63, 3.8) is 0 Å². The molecular weight excluding hydrogens is 260 g/mol. The molecule has 96 valence electrons. The lowest BCUT2D eigenvalue weighted by molar-refractivity contribution is 0.587. The monoisotopic (exact) mass is 272 g/mol. The highest BCUT2D eigenvalue weighted by atomic mass is 32.2. The smallest absolute Gasteiger partial charge is 0.243 e. The van der Waals surface area contributed by atoms with Crippen LogP contribution in [-0.4, -0.2) is 20.7 Å². The number of para-hydroxylation sites is 1. The number of aliphatic imine (C=N–C) groups is 1. The molecule has 19 heavy (non-hydrogen) atoms. The van der Waals surface area contributed by atoms with E-state index in [1.54, 1.807) is 24.3 Å². The Balaban J connectivity index is 2.16. The lowest BCUT2D eigenvalue weighted by Crippen LogP contribution is -2.28. The van der Waals surface area contributed by atoms with Crippen LogP contribution >= 0.6 is 0 Å². The van der Waals surface area contributed by atoms with Gasteiger partial charge in [0.25, 0.3) is 0 Å². The van der Waals surface area contributed by atoms with E-state index in [9.17, 15) is 8.42 Å². The van der Waals surface area contributed by atoms with Gasteiger partial charge in [0.1, 0.15) is 4.90 Å². The van der Waals surface area contributed by atoms with Crippen molar-refractivity contribution in [1.82, 2.24) is 4.72 Å². The van der Waals surface area contributed by atoms with Gasteiger partial charge in [-0.25, -0.2) is 13.1 Å². The Hall–Kier alpha value is -1.98. The molecule has 0 bridgehead atoms. The lowest BCUT2D eigenvalue weighted by Gasteiger charge is -2.04. The first-order valence-corrected chi connectivity index (χ1v) is 7.37. The van der Waals surface area contributed by atoms with Gasteiger partial charge in [-0.1, -0.05) is 42.5 Å². The highest BCUT2D eigenvalue weighted by Gasteiger charge is 2.22. The molecule has 0 unspecified atom stereocenters. The minimum absolute atomic E-state index is 0.195. The molecule has 3 rings (SSSR count). The summed E-state index contributed by atoms with van der Waals surface area (Å²) in [7, 11) is -3.48. The molecule has 5 heteroatoms. The predicted molar refractivity (Wildman–Crippen MR) is 74.3 cm³/mol. The standard InChI is InChI=1S/C14H12N2O2S/c17-19(18)14-9-5-4-8-12(14)16-13(10-15-19)11-6-2-1-3-7-11/h1-9,15H,10H2. The van der Waals surface area contributed by atoms with Crippen LogP contribution < -0.4 is 4.72 Å². The fourth-order valence-corrected chi connectivity index (χ4v) is 3.13. The molecule has 1 aliphatic rings. The van der Waals surface area contributed by atoms with Crippen molar-refractivity contribution in [3.8, 4) is 0 Å². The molecule has 2 aromatic carbocycles. The number of nitrogens with one attached hydrogen (secondary N) is 1. The number of hydrogen-bond donors (Lipinski definition) is 1. The highest BCUT2D eigenvalue weighted by molar-refractivity contribution is 7.89. The van der Waals surface area contributed by atoms with Crippen molar-refractivity contribution < 1.29 is 8.42 Å². The maximum Gasteiger partial charge on any atom is 0.243 e. The minimum atomic E-state index is -3.48. The molecule has 0 spiro atoms. The number of rotatable bonds is 1. The van der Waals surface area contributed by atoms with Crippen LogP contribution in [0.3, 0.4) is 0 Å². The Morgan fingerprint density at radius 3 is 2.42 bits per heavy atom. The van der Waals surface area contributed by atoms with Crippen molar-refractivity contribution in [2.24, 2.45) is 4.99 Å². The van der Waals surface area contributed by atoms with Gasteiger partial charge in [0, 0.05) is 0 Å². The second-order valence-corrected chi connectivity index (χ2v) is 5.95. The van der Waals surface area contributed by atoms with Gasteiger partial charge in [0.15, 0.2) is 0 Å². The molecule has 0 aliphatic carbocycles. The average Bonchev–Trinajstić information content (AvgIpc) is 2.57. The molecule has 0 radical (unpaired) electrons. The average molecular weight is 272 g/mol. The Bertz CT molecular complexity index is 737. The molecule has 0 atom stereocenters. The van der Waals surface area contributed by atoms with Gasteiger partial charge in [0.2, 0.25) is 10.0 Å². The summed E-state index contributed by atoms with van der Waals surface area (Å²) < 4.78 is 26.7. The van der Waals surface area contributed by atoms with E-state index >= 15 is 0 Å². The van der Waals surface area contributed by atoms with Crippen molar-refractivity contribution in [1.29, 1.82) is 0 Å². The van der Waals surface area contributed by atoms with Crippen LogP contribution in [0.4, 0.5) is 5.69 Å². The first-order valence-electron chi connectivity index (χ1n) is 5.88. The molecule has 0 aromatic heterocycles. The van der Waals surface area contributed by atoms with Crippen LogP contribution in [0.1, 0.15) is 5.56 Å². The zero-order valence-corrected chi connectivity index (χ0v) is 10.9. The summed E-state index contributed by atoms with van der Waals surface area (Å²) in [6.07, 6.45) is 0. The van der Waals surface area contributed by atoms with Crippen LogP contribution in [0.2, 0.25) is 0 Å². The SMILES string of the molecule is O=S1(=O)NCC(c2ccccc2)=Nc2ccccc21. The van der Waals surface area contributed by atoms with E-state index in [2.05, 4.69) is 9.71 Å². The molecule has 0 saturated heterocycles. The molecule has 1 N–H and O–H groups in total. The van der Waals surface area contributed by atoms with Crippen LogP contribution in [-0.2, 0) is 10.0 Å². The normalized spacial score (nSPS) is 17.2. The molecule has 2 aromatic rings. The highest BCUT2D eigenvalue weighted by Crippen LogP contribution is 2.26. The van der Waals surface area contributed by atoms with Gasteiger partial charge in [0.05, 0.1) is 17.9 Å². The summed E-state index contributed by atoms with van der Waals surface area (Å²) in [5.74, 6) is 0. The number of sulfonamides is 1. The van der Waals surface area contributed by atoms with Gasteiger partial charge in [-0.3, -0.25) is 4.99 Å². The molecule has 1 aliphatic heterocycles. The summed E-state index contributed by atoms with van der Waals surface area (Å²) in [6, 6.07) is 16.3. The molecule has 4 nitrogen and oxygen atoms in total. The van der Waals surface area contributed by atoms with E-state index in [1.807, 2.05) is 30.3 Å². The van der Waals surface area contributed by atoms with E-state index in [4.69, 9.17) is 0 Å². The zero-order valence-electron chi connectivity index (χ0n) is 10.1. The quantitative estimate of drug-likeness (QED) is 0.864. The number of hydrogen-bond acceptors (Lipinski definition) is 3. The van der Waals surface area contributed by atoms with Gasteiger partial charge >= 0.3 is 0 Å². The topological polar surface area (TPSA) is 58.5 Å². The van der Waals surface area contributed by atoms with Gasteiger partial charge < -0.3 is 0 Å². The van der Waals surface area contributed by atoms with E-state index < -0.39 is 10.0 Å². The minimum Gasteiger partial charge on any atom is -0.250 e. The second kappa shape index (κ2) is 4.60. The largest absolute Gasteiger partial charge is 0.250 e. The van der Waals surface area contributed by atoms with Crippen molar-refractivity contribution in [2.45, 2.75) is 4.90 Å². The number of benzene rings is 2. The van der Waals surface area contributed by atoms with Gasteiger partial charge in [-0.2, -0.15) is 0 Å². The summed E-state index contributed by atoms with van der Waals surface area (Å²) >= 11 is 0. The molecule has 0 saturated carbocycles. The van der Waals surface area contributed by atoms with Crippen molar-refractivity contribution in [2.75, 3.05) is 6.54 Å². The summed E-state index contributed by atoms with van der Waals surface area (Å²) in [6.45, 7) is 0.195. The molecule has 0 amide bonds. The maximum absolute atomic E-state index is 12.1. The Morgan fingerprint density at radius 2 is 1.63 bits per heavy atom. The molecule has 1 heterocycles. The second-order valence-electron chi connectivity index (χ2n) is 4.22. The Morgan fingerprint density at radius 1 is 0.947 bits per heavy atom. The predicted octanol–water partition coefficient (Wildman–Crippen LogP) is 2.10. The fourth-order valence-electron chi connectivity index (χ4n) is 2.00. The van der Waals surface area contributed by atoms with Crippen LogP contribution in [0.25, 0.3) is 0 Å². The fraction of sp³-hybridized carbons (Fsp3) is 0.0714. The van der Waals surface area contributed by atoms with Crippen molar-refractivity contribution >= 4 is 21.4 Å². The molecular formula is C14H12N2O2S. The number of nitrogens with zero attached hydrogens (tertiary/aromatic N) is 1. The zero-order chi connectivity index (χ0) is 13.3. The summed E-state index contributed by atoms with van der Waals surface area (Å²) in [5, 5.41) is 0. The van der Waals surface area contributed by atoms with Crippen LogP contribution in [0.5, 0.6) is 0 Å². The van der Waals surface area contributed by atoms with Gasteiger partial charge in [-0.05, 0) is 17.7 Å². The first kappa shape index (κ1) is 12.1. The first-order chi connectivity index (χ1) is 9.17. The van der Waals surface area contributed by atoms with E-state index in [0.717, 1.165) is 5.56 Å².